The molecule has 0 saturated heterocycles. The predicted octanol–water partition coefficient (Wildman–Crippen LogP) is 5.31. The molecule has 2 nitrogen and oxygen atoms in total. The van der Waals surface area contributed by atoms with Gasteiger partial charge in [0.2, 0.25) is 0 Å². The van der Waals surface area contributed by atoms with Crippen LogP contribution in [0.3, 0.4) is 0 Å². The second-order valence-corrected chi connectivity index (χ2v) is 5.35. The molecular formula is C16H34O2. The smallest absolute Gasteiger partial charge is 0.165 e. The van der Waals surface area contributed by atoms with Gasteiger partial charge in [0.05, 0.1) is 0 Å². The van der Waals surface area contributed by atoms with Crippen molar-refractivity contribution in [1.82, 2.24) is 0 Å². The first kappa shape index (κ1) is 17.9. The van der Waals surface area contributed by atoms with Crippen LogP contribution in [0.4, 0.5) is 0 Å². The topological polar surface area (TPSA) is 18.5 Å². The van der Waals surface area contributed by atoms with Gasteiger partial charge in [-0.1, -0.05) is 52.9 Å². The summed E-state index contributed by atoms with van der Waals surface area (Å²) < 4.78 is 11.8. The Labute approximate surface area is 114 Å². The van der Waals surface area contributed by atoms with Crippen LogP contribution in [0.15, 0.2) is 0 Å². The molecule has 0 amide bonds. The van der Waals surface area contributed by atoms with Crippen LogP contribution in [0.5, 0.6) is 0 Å². The Balaban J connectivity index is 3.77. The van der Waals surface area contributed by atoms with Crippen LogP contribution < -0.4 is 0 Å². The molecule has 18 heavy (non-hydrogen) atoms. The van der Waals surface area contributed by atoms with Crippen molar-refractivity contribution >= 4 is 0 Å². The lowest BCUT2D eigenvalue weighted by Crippen LogP contribution is -2.33. The highest BCUT2D eigenvalue weighted by atomic mass is 16.7. The van der Waals surface area contributed by atoms with Crippen molar-refractivity contribution in [3.8, 4) is 0 Å². The summed E-state index contributed by atoms with van der Waals surface area (Å²) in [5.74, 6) is -0.350. The van der Waals surface area contributed by atoms with Crippen LogP contribution in [0.1, 0.15) is 85.5 Å². The summed E-state index contributed by atoms with van der Waals surface area (Å²) >= 11 is 0. The number of unbranched alkanes of at least 4 members (excludes halogenated alkanes) is 5. The first-order valence-corrected chi connectivity index (χ1v) is 7.96. The summed E-state index contributed by atoms with van der Waals surface area (Å²) in [7, 11) is 0. The normalized spacial score (nSPS) is 12.0. The molecule has 0 unspecified atom stereocenters. The van der Waals surface area contributed by atoms with Gasteiger partial charge in [-0.3, -0.25) is 0 Å². The van der Waals surface area contributed by atoms with E-state index in [1.165, 1.54) is 38.5 Å². The molecule has 0 saturated carbocycles. The molecule has 2 heteroatoms. The highest BCUT2D eigenvalue weighted by molar-refractivity contribution is 4.64. The molecule has 0 aliphatic rings. The zero-order valence-corrected chi connectivity index (χ0v) is 13.1. The largest absolute Gasteiger partial charge is 0.350 e. The predicted molar refractivity (Wildman–Crippen MR) is 78.9 cm³/mol. The Kier molecular flexibility index (Phi) is 11.9. The number of hydrogen-bond donors (Lipinski definition) is 0. The van der Waals surface area contributed by atoms with Gasteiger partial charge in [0.15, 0.2) is 5.79 Å². The van der Waals surface area contributed by atoms with Crippen LogP contribution in [0, 0.1) is 0 Å². The minimum atomic E-state index is -0.350. The van der Waals surface area contributed by atoms with Crippen LogP contribution in [0.2, 0.25) is 0 Å². The van der Waals surface area contributed by atoms with Crippen molar-refractivity contribution in [3.05, 3.63) is 0 Å². The monoisotopic (exact) mass is 258 g/mol. The van der Waals surface area contributed by atoms with Crippen LogP contribution in [-0.2, 0) is 9.47 Å². The highest BCUT2D eigenvalue weighted by Crippen LogP contribution is 2.22. The molecule has 0 aliphatic heterocycles. The van der Waals surface area contributed by atoms with E-state index in [1.54, 1.807) is 0 Å². The molecule has 0 fully saturated rings. The summed E-state index contributed by atoms with van der Waals surface area (Å²) in [5, 5.41) is 0. The van der Waals surface area contributed by atoms with E-state index in [1.807, 2.05) is 0 Å². The van der Waals surface area contributed by atoms with Gasteiger partial charge < -0.3 is 9.47 Å². The zero-order valence-electron chi connectivity index (χ0n) is 13.1. The maximum atomic E-state index is 5.89. The number of ether oxygens (including phenoxy) is 2. The molecule has 0 N–H and O–H groups in total. The van der Waals surface area contributed by atoms with Crippen molar-refractivity contribution in [2.45, 2.75) is 91.3 Å². The Morgan fingerprint density at radius 3 is 1.67 bits per heavy atom. The fourth-order valence-electron chi connectivity index (χ4n) is 2.05. The minimum absolute atomic E-state index is 0.350. The quantitative estimate of drug-likeness (QED) is 0.329. The molecule has 0 radical (unpaired) electrons. The van der Waals surface area contributed by atoms with Crippen molar-refractivity contribution < 1.29 is 9.47 Å². The zero-order chi connectivity index (χ0) is 13.7. The molecule has 0 spiro atoms. The average Bonchev–Trinajstić information content (AvgIpc) is 2.38. The molecule has 0 aliphatic carbocycles. The van der Waals surface area contributed by atoms with E-state index in [0.717, 1.165) is 32.5 Å². The van der Waals surface area contributed by atoms with Gasteiger partial charge in [-0.2, -0.15) is 0 Å². The van der Waals surface area contributed by atoms with E-state index in [2.05, 4.69) is 27.7 Å². The van der Waals surface area contributed by atoms with E-state index < -0.39 is 0 Å². The van der Waals surface area contributed by atoms with E-state index in [9.17, 15) is 0 Å². The molecule has 110 valence electrons. The van der Waals surface area contributed by atoms with Gasteiger partial charge in [0, 0.05) is 19.6 Å². The molecule has 0 rings (SSSR count). The summed E-state index contributed by atoms with van der Waals surface area (Å²) in [5.41, 5.74) is 0. The van der Waals surface area contributed by atoms with Gasteiger partial charge >= 0.3 is 0 Å². The maximum absolute atomic E-state index is 5.89. The van der Waals surface area contributed by atoms with Crippen LogP contribution in [-0.4, -0.2) is 19.0 Å². The van der Waals surface area contributed by atoms with Crippen molar-refractivity contribution in [3.63, 3.8) is 0 Å². The third-order valence-electron chi connectivity index (χ3n) is 3.21. The molecule has 0 atom stereocenters. The van der Waals surface area contributed by atoms with Gasteiger partial charge in [-0.15, -0.1) is 0 Å². The molecule has 0 aromatic rings. The summed E-state index contributed by atoms with van der Waals surface area (Å²) in [6, 6.07) is 0. The molecule has 0 aromatic carbocycles. The summed E-state index contributed by atoms with van der Waals surface area (Å²) in [6.07, 6.45) is 11.1. The Hall–Kier alpha value is -0.0800. The van der Waals surface area contributed by atoms with E-state index in [-0.39, 0.29) is 5.79 Å². The Bertz CT molecular complexity index is 160. The fourth-order valence-corrected chi connectivity index (χ4v) is 2.05. The molecular weight excluding hydrogens is 224 g/mol. The van der Waals surface area contributed by atoms with Gasteiger partial charge in [-0.05, 0) is 26.2 Å². The molecule has 0 aromatic heterocycles. The Morgan fingerprint density at radius 1 is 0.667 bits per heavy atom. The lowest BCUT2D eigenvalue weighted by Gasteiger charge is -2.30. The summed E-state index contributed by atoms with van der Waals surface area (Å²) in [6.45, 7) is 10.3. The van der Waals surface area contributed by atoms with E-state index >= 15 is 0 Å². The fraction of sp³-hybridized carbons (Fsp3) is 1.00. The van der Waals surface area contributed by atoms with Crippen LogP contribution in [0.25, 0.3) is 0 Å². The minimum Gasteiger partial charge on any atom is -0.350 e. The Morgan fingerprint density at radius 2 is 1.17 bits per heavy atom. The van der Waals surface area contributed by atoms with Crippen molar-refractivity contribution in [1.29, 1.82) is 0 Å². The molecule has 0 bridgehead atoms. The third-order valence-corrected chi connectivity index (χ3v) is 3.21. The molecule has 0 heterocycles. The van der Waals surface area contributed by atoms with Crippen molar-refractivity contribution in [2.24, 2.45) is 0 Å². The second kappa shape index (κ2) is 12.0. The number of rotatable bonds is 13. The van der Waals surface area contributed by atoms with Gasteiger partial charge in [-0.25, -0.2) is 0 Å². The number of hydrogen-bond acceptors (Lipinski definition) is 2. The summed E-state index contributed by atoms with van der Waals surface area (Å²) in [4.78, 5) is 0. The second-order valence-electron chi connectivity index (χ2n) is 5.35. The van der Waals surface area contributed by atoms with Gasteiger partial charge in [0.1, 0.15) is 0 Å². The van der Waals surface area contributed by atoms with E-state index in [4.69, 9.17) is 9.47 Å². The van der Waals surface area contributed by atoms with Crippen LogP contribution >= 0.6 is 0 Å². The highest BCUT2D eigenvalue weighted by Gasteiger charge is 2.24. The lowest BCUT2D eigenvalue weighted by atomic mass is 10.1. The first-order chi connectivity index (χ1) is 8.68. The average molecular weight is 258 g/mol. The van der Waals surface area contributed by atoms with Gasteiger partial charge in [0.25, 0.3) is 0 Å². The lowest BCUT2D eigenvalue weighted by molar-refractivity contribution is -0.229. The first-order valence-electron chi connectivity index (χ1n) is 7.96. The van der Waals surface area contributed by atoms with Crippen molar-refractivity contribution in [2.75, 3.05) is 13.2 Å². The standard InChI is InChI=1S/C16H34O2/c1-5-8-9-10-11-12-13-16(4,17-14-6-2)18-15-7-3/h5-15H2,1-4H3. The maximum Gasteiger partial charge on any atom is 0.165 e. The third kappa shape index (κ3) is 9.90. The van der Waals surface area contributed by atoms with E-state index in [0.29, 0.717) is 0 Å². The SMILES string of the molecule is CCCCCCCCC(C)(OCCC)OCCC.